The molecule has 0 saturated carbocycles. The van der Waals surface area contributed by atoms with Gasteiger partial charge < -0.3 is 16.2 Å². The average molecular weight is 256 g/mol. The quantitative estimate of drug-likeness (QED) is 0.808. The molecule has 1 unspecified atom stereocenters. The van der Waals surface area contributed by atoms with Crippen LogP contribution in [-0.2, 0) is 0 Å². The fraction of sp³-hybridized carbons (Fsp3) is 0.250. The van der Waals surface area contributed by atoms with Crippen LogP contribution in [-0.4, -0.2) is 6.54 Å². The molecular weight excluding hydrogens is 236 g/mol. The molecule has 3 nitrogen and oxygen atoms in total. The summed E-state index contributed by atoms with van der Waals surface area (Å²) in [5.74, 6) is 0.710. The molecule has 100 valence electrons. The van der Waals surface area contributed by atoms with Gasteiger partial charge in [-0.25, -0.2) is 0 Å². The van der Waals surface area contributed by atoms with Gasteiger partial charge in [-0.05, 0) is 31.2 Å². The zero-order valence-corrected chi connectivity index (χ0v) is 11.2. The number of aryl methyl sites for hydroxylation is 1. The summed E-state index contributed by atoms with van der Waals surface area (Å²) >= 11 is 0. The topological polar surface area (TPSA) is 61.3 Å². The second-order valence-corrected chi connectivity index (χ2v) is 4.63. The Balaban J connectivity index is 2.21. The fourth-order valence-electron chi connectivity index (χ4n) is 1.97. The van der Waals surface area contributed by atoms with Gasteiger partial charge in [0.25, 0.3) is 0 Å². The minimum atomic E-state index is -0.0599. The highest BCUT2D eigenvalue weighted by Crippen LogP contribution is 2.28. The minimum Gasteiger partial charge on any atom is -0.484 e. The lowest BCUT2D eigenvalue weighted by Crippen LogP contribution is -2.14. The lowest BCUT2D eigenvalue weighted by molar-refractivity contribution is 0.199. The second kappa shape index (κ2) is 6.25. The summed E-state index contributed by atoms with van der Waals surface area (Å²) in [7, 11) is 0. The van der Waals surface area contributed by atoms with Gasteiger partial charge in [0.05, 0.1) is 5.69 Å². The number of para-hydroxylation sites is 2. The summed E-state index contributed by atoms with van der Waals surface area (Å²) in [6.07, 6.45) is 0.701. The van der Waals surface area contributed by atoms with Crippen LogP contribution in [0.4, 0.5) is 5.69 Å². The van der Waals surface area contributed by atoms with E-state index in [9.17, 15) is 0 Å². The molecule has 2 aromatic rings. The van der Waals surface area contributed by atoms with Crippen LogP contribution in [0.2, 0.25) is 0 Å². The minimum absolute atomic E-state index is 0.0599. The summed E-state index contributed by atoms with van der Waals surface area (Å²) in [6, 6.07) is 15.8. The van der Waals surface area contributed by atoms with Crippen LogP contribution >= 0.6 is 0 Å². The van der Waals surface area contributed by atoms with Gasteiger partial charge >= 0.3 is 0 Å². The Morgan fingerprint density at radius 2 is 1.74 bits per heavy atom. The average Bonchev–Trinajstić information content (AvgIpc) is 2.42. The Hall–Kier alpha value is -2.00. The van der Waals surface area contributed by atoms with Gasteiger partial charge in [0.2, 0.25) is 0 Å². The van der Waals surface area contributed by atoms with E-state index in [2.05, 4.69) is 31.2 Å². The zero-order chi connectivity index (χ0) is 13.7. The number of rotatable bonds is 5. The lowest BCUT2D eigenvalue weighted by Gasteiger charge is -2.20. The van der Waals surface area contributed by atoms with Crippen molar-refractivity contribution in [1.29, 1.82) is 0 Å². The molecule has 1 atom stereocenters. The van der Waals surface area contributed by atoms with Gasteiger partial charge in [-0.2, -0.15) is 0 Å². The molecule has 0 aliphatic carbocycles. The maximum Gasteiger partial charge on any atom is 0.143 e. The van der Waals surface area contributed by atoms with E-state index in [1.807, 2.05) is 24.3 Å². The van der Waals surface area contributed by atoms with Crippen LogP contribution in [0.3, 0.4) is 0 Å². The molecule has 19 heavy (non-hydrogen) atoms. The van der Waals surface area contributed by atoms with Crippen molar-refractivity contribution < 1.29 is 4.74 Å². The zero-order valence-electron chi connectivity index (χ0n) is 11.2. The molecule has 0 amide bonds. The van der Waals surface area contributed by atoms with E-state index in [1.165, 1.54) is 5.56 Å². The first kappa shape index (κ1) is 13.4. The van der Waals surface area contributed by atoms with E-state index in [0.29, 0.717) is 18.0 Å². The van der Waals surface area contributed by atoms with Gasteiger partial charge in [0, 0.05) is 6.42 Å². The molecule has 0 saturated heterocycles. The van der Waals surface area contributed by atoms with Crippen LogP contribution in [0.1, 0.15) is 23.7 Å². The van der Waals surface area contributed by atoms with E-state index < -0.39 is 0 Å². The first-order valence-corrected chi connectivity index (χ1v) is 6.48. The third kappa shape index (κ3) is 3.48. The number of nitrogen functional groups attached to an aromatic ring is 1. The van der Waals surface area contributed by atoms with Crippen LogP contribution in [0.5, 0.6) is 5.75 Å². The van der Waals surface area contributed by atoms with Crippen molar-refractivity contribution in [3.05, 3.63) is 59.7 Å². The second-order valence-electron chi connectivity index (χ2n) is 4.63. The Bertz CT molecular complexity index is 523. The number of benzene rings is 2. The molecule has 0 aliphatic heterocycles. The summed E-state index contributed by atoms with van der Waals surface area (Å²) in [4.78, 5) is 0. The molecule has 0 spiro atoms. The van der Waals surface area contributed by atoms with Crippen molar-refractivity contribution in [1.82, 2.24) is 0 Å². The molecule has 0 bridgehead atoms. The first-order chi connectivity index (χ1) is 9.20. The van der Waals surface area contributed by atoms with Crippen molar-refractivity contribution in [3.63, 3.8) is 0 Å². The molecule has 3 heteroatoms. The van der Waals surface area contributed by atoms with Crippen molar-refractivity contribution in [3.8, 4) is 5.75 Å². The third-order valence-electron chi connectivity index (χ3n) is 3.07. The van der Waals surface area contributed by atoms with Crippen LogP contribution in [0.25, 0.3) is 0 Å². The number of anilines is 1. The highest BCUT2D eigenvalue weighted by Gasteiger charge is 2.13. The van der Waals surface area contributed by atoms with E-state index >= 15 is 0 Å². The molecule has 0 fully saturated rings. The number of hydrogen-bond acceptors (Lipinski definition) is 3. The van der Waals surface area contributed by atoms with Crippen LogP contribution in [0, 0.1) is 6.92 Å². The predicted molar refractivity (Wildman–Crippen MR) is 79.1 cm³/mol. The largest absolute Gasteiger partial charge is 0.484 e. The Labute approximate surface area is 114 Å². The van der Waals surface area contributed by atoms with Gasteiger partial charge in [-0.3, -0.25) is 0 Å². The lowest BCUT2D eigenvalue weighted by atomic mass is 10.0. The predicted octanol–water partition coefficient (Wildman–Crippen LogP) is 3.05. The molecule has 4 N–H and O–H groups in total. The Kier molecular flexibility index (Phi) is 4.42. The maximum atomic E-state index is 6.01. The maximum absolute atomic E-state index is 6.01. The van der Waals surface area contributed by atoms with Crippen molar-refractivity contribution in [2.45, 2.75) is 19.4 Å². The standard InChI is InChI=1S/C16H20N2O/c1-12-6-8-13(9-7-12)15(10-11-17)19-16-5-3-2-4-14(16)18/h2-9,15H,10-11,17-18H2,1H3. The third-order valence-corrected chi connectivity index (χ3v) is 3.07. The molecule has 0 heterocycles. The molecule has 0 aliphatic rings. The van der Waals surface area contributed by atoms with E-state index in [1.54, 1.807) is 0 Å². The molecule has 0 aromatic heterocycles. The fourth-order valence-corrected chi connectivity index (χ4v) is 1.97. The summed E-state index contributed by atoms with van der Waals surface area (Å²) in [5, 5.41) is 0. The molecular formula is C16H20N2O. The van der Waals surface area contributed by atoms with Crippen LogP contribution < -0.4 is 16.2 Å². The van der Waals surface area contributed by atoms with Crippen LogP contribution in [0.15, 0.2) is 48.5 Å². The summed E-state index contributed by atoms with van der Waals surface area (Å²) < 4.78 is 6.01. The number of nitrogens with two attached hydrogens (primary N) is 2. The van der Waals surface area contributed by atoms with E-state index in [0.717, 1.165) is 12.0 Å². The Morgan fingerprint density at radius 3 is 2.37 bits per heavy atom. The number of hydrogen-bond donors (Lipinski definition) is 2. The van der Waals surface area contributed by atoms with Crippen molar-refractivity contribution in [2.24, 2.45) is 5.73 Å². The van der Waals surface area contributed by atoms with Crippen molar-refractivity contribution in [2.75, 3.05) is 12.3 Å². The smallest absolute Gasteiger partial charge is 0.143 e. The first-order valence-electron chi connectivity index (χ1n) is 6.48. The van der Waals surface area contributed by atoms with E-state index in [-0.39, 0.29) is 6.10 Å². The Morgan fingerprint density at radius 1 is 1.05 bits per heavy atom. The highest BCUT2D eigenvalue weighted by molar-refractivity contribution is 5.52. The van der Waals surface area contributed by atoms with Gasteiger partial charge in [0.15, 0.2) is 0 Å². The number of ether oxygens (including phenoxy) is 1. The summed E-state index contributed by atoms with van der Waals surface area (Å²) in [6.45, 7) is 2.64. The summed E-state index contributed by atoms with van der Waals surface area (Å²) in [5.41, 5.74) is 14.6. The molecule has 0 radical (unpaired) electrons. The van der Waals surface area contributed by atoms with Gasteiger partial charge in [0.1, 0.15) is 11.9 Å². The van der Waals surface area contributed by atoms with E-state index in [4.69, 9.17) is 16.2 Å². The van der Waals surface area contributed by atoms with Gasteiger partial charge in [-0.15, -0.1) is 0 Å². The highest BCUT2D eigenvalue weighted by atomic mass is 16.5. The van der Waals surface area contributed by atoms with Crippen molar-refractivity contribution >= 4 is 5.69 Å². The monoisotopic (exact) mass is 256 g/mol. The SMILES string of the molecule is Cc1ccc(C(CCN)Oc2ccccc2N)cc1. The molecule has 2 aromatic carbocycles. The van der Waals surface area contributed by atoms with Gasteiger partial charge in [-0.1, -0.05) is 42.0 Å². The normalized spacial score (nSPS) is 12.1. The molecule has 2 rings (SSSR count).